The van der Waals surface area contributed by atoms with E-state index in [9.17, 15) is 9.59 Å². The second kappa shape index (κ2) is 7.62. The summed E-state index contributed by atoms with van der Waals surface area (Å²) in [5, 5.41) is 0. The maximum Gasteiger partial charge on any atom is 0.244 e. The maximum atomic E-state index is 12.5. The molecule has 0 saturated carbocycles. The smallest absolute Gasteiger partial charge is 0.244 e. The van der Waals surface area contributed by atoms with Crippen molar-refractivity contribution in [2.45, 2.75) is 58.0 Å². The third-order valence-electron chi connectivity index (χ3n) is 3.98. The van der Waals surface area contributed by atoms with E-state index in [1.807, 2.05) is 13.8 Å². The van der Waals surface area contributed by atoms with Gasteiger partial charge in [0.25, 0.3) is 0 Å². The highest BCUT2D eigenvalue weighted by Crippen LogP contribution is 2.23. The van der Waals surface area contributed by atoms with Gasteiger partial charge in [-0.25, -0.2) is 0 Å². The molecule has 3 atom stereocenters. The standard InChI is InChI=1S/C15H29N3O2/c1-11(7-5-8-12(2)16)14(19)18-10-6-9-13(18)15(20)17(3)4/h11-13H,5-10,16H2,1-4H3. The largest absolute Gasteiger partial charge is 0.347 e. The number of carbonyl (C=O) groups excluding carboxylic acids is 2. The fourth-order valence-corrected chi connectivity index (χ4v) is 2.74. The van der Waals surface area contributed by atoms with Crippen LogP contribution < -0.4 is 5.73 Å². The number of carbonyl (C=O) groups is 2. The van der Waals surface area contributed by atoms with Gasteiger partial charge >= 0.3 is 0 Å². The van der Waals surface area contributed by atoms with Crippen LogP contribution in [-0.2, 0) is 9.59 Å². The highest BCUT2D eigenvalue weighted by Gasteiger charge is 2.36. The van der Waals surface area contributed by atoms with Gasteiger partial charge in [-0.3, -0.25) is 9.59 Å². The summed E-state index contributed by atoms with van der Waals surface area (Å²) in [6, 6.07) is -0.0689. The van der Waals surface area contributed by atoms with Gasteiger partial charge in [0, 0.05) is 32.6 Å². The Kier molecular flexibility index (Phi) is 6.46. The topological polar surface area (TPSA) is 66.6 Å². The number of nitrogens with zero attached hydrogens (tertiary/aromatic N) is 2. The lowest BCUT2D eigenvalue weighted by Gasteiger charge is -2.28. The van der Waals surface area contributed by atoms with Crippen molar-refractivity contribution in [3.63, 3.8) is 0 Å². The van der Waals surface area contributed by atoms with Crippen molar-refractivity contribution in [2.75, 3.05) is 20.6 Å². The summed E-state index contributed by atoms with van der Waals surface area (Å²) in [5.74, 6) is 0.135. The fraction of sp³-hybridized carbons (Fsp3) is 0.867. The Hall–Kier alpha value is -1.10. The van der Waals surface area contributed by atoms with Crippen LogP contribution in [0.1, 0.15) is 46.0 Å². The number of likely N-dealkylation sites (tertiary alicyclic amines) is 1. The molecule has 3 unspecified atom stereocenters. The first-order chi connectivity index (χ1) is 9.34. The van der Waals surface area contributed by atoms with Gasteiger partial charge in [-0.15, -0.1) is 0 Å². The first kappa shape index (κ1) is 17.0. The van der Waals surface area contributed by atoms with Crippen LogP contribution in [0.2, 0.25) is 0 Å². The third kappa shape index (κ3) is 4.47. The number of nitrogens with two attached hydrogens (primary N) is 1. The van der Waals surface area contributed by atoms with Gasteiger partial charge in [-0.05, 0) is 32.6 Å². The minimum atomic E-state index is -0.256. The molecule has 0 aliphatic carbocycles. The molecule has 1 aliphatic rings. The van der Waals surface area contributed by atoms with Crippen LogP contribution in [0.15, 0.2) is 0 Å². The van der Waals surface area contributed by atoms with Crippen LogP contribution in [0.25, 0.3) is 0 Å². The molecule has 0 bridgehead atoms. The van der Waals surface area contributed by atoms with Crippen molar-refractivity contribution in [1.29, 1.82) is 0 Å². The monoisotopic (exact) mass is 283 g/mol. The number of amides is 2. The summed E-state index contributed by atoms with van der Waals surface area (Å²) in [7, 11) is 3.49. The Labute approximate surface area is 122 Å². The van der Waals surface area contributed by atoms with Crippen LogP contribution >= 0.6 is 0 Å². The lowest BCUT2D eigenvalue weighted by atomic mass is 10.0. The van der Waals surface area contributed by atoms with Gasteiger partial charge < -0.3 is 15.5 Å². The number of rotatable bonds is 6. The highest BCUT2D eigenvalue weighted by atomic mass is 16.2. The van der Waals surface area contributed by atoms with Gasteiger partial charge in [0.15, 0.2) is 0 Å². The molecule has 1 rings (SSSR count). The zero-order valence-corrected chi connectivity index (χ0v) is 13.3. The van der Waals surface area contributed by atoms with Crippen LogP contribution in [0, 0.1) is 5.92 Å². The lowest BCUT2D eigenvalue weighted by Crippen LogP contribution is -2.47. The molecule has 1 aliphatic heterocycles. The molecule has 0 radical (unpaired) electrons. The molecule has 5 heteroatoms. The Morgan fingerprint density at radius 2 is 1.95 bits per heavy atom. The lowest BCUT2D eigenvalue weighted by molar-refractivity contribution is -0.144. The highest BCUT2D eigenvalue weighted by molar-refractivity contribution is 5.88. The van der Waals surface area contributed by atoms with E-state index in [4.69, 9.17) is 5.73 Å². The Morgan fingerprint density at radius 3 is 2.50 bits per heavy atom. The molecule has 2 amide bonds. The van der Waals surface area contributed by atoms with Crippen LogP contribution in [0.5, 0.6) is 0 Å². The van der Waals surface area contributed by atoms with Gasteiger partial charge in [0.1, 0.15) is 6.04 Å². The third-order valence-corrected chi connectivity index (χ3v) is 3.98. The van der Waals surface area contributed by atoms with Crippen molar-refractivity contribution in [3.8, 4) is 0 Å². The first-order valence-corrected chi connectivity index (χ1v) is 7.61. The van der Waals surface area contributed by atoms with E-state index in [0.717, 1.165) is 32.1 Å². The van der Waals surface area contributed by atoms with Crippen LogP contribution in [-0.4, -0.2) is 54.3 Å². The molecule has 116 valence electrons. The molecule has 1 heterocycles. The Bertz CT molecular complexity index is 342. The first-order valence-electron chi connectivity index (χ1n) is 7.61. The van der Waals surface area contributed by atoms with E-state index in [1.54, 1.807) is 23.9 Å². The SMILES string of the molecule is CC(N)CCCC(C)C(=O)N1CCCC1C(=O)N(C)C. The molecule has 20 heavy (non-hydrogen) atoms. The molecule has 5 nitrogen and oxygen atoms in total. The minimum absolute atomic E-state index is 0.0238. The molecule has 1 fully saturated rings. The number of hydrogen-bond donors (Lipinski definition) is 1. The second-order valence-corrected chi connectivity index (χ2v) is 6.23. The second-order valence-electron chi connectivity index (χ2n) is 6.23. The van der Waals surface area contributed by atoms with Gasteiger partial charge in [-0.2, -0.15) is 0 Å². The van der Waals surface area contributed by atoms with Gasteiger partial charge in [0.05, 0.1) is 0 Å². The molecule has 2 N–H and O–H groups in total. The van der Waals surface area contributed by atoms with Crippen LogP contribution in [0.3, 0.4) is 0 Å². The molecule has 0 aromatic rings. The average molecular weight is 283 g/mol. The van der Waals surface area contributed by atoms with E-state index >= 15 is 0 Å². The summed E-state index contributed by atoms with van der Waals surface area (Å²) < 4.78 is 0. The van der Waals surface area contributed by atoms with E-state index in [0.29, 0.717) is 6.54 Å². The zero-order chi connectivity index (χ0) is 15.3. The molecule has 0 aromatic carbocycles. The predicted octanol–water partition coefficient (Wildman–Crippen LogP) is 1.22. The van der Waals surface area contributed by atoms with Crippen molar-refractivity contribution >= 4 is 11.8 Å². The van der Waals surface area contributed by atoms with Gasteiger partial charge in [0.2, 0.25) is 11.8 Å². The molecule has 0 aromatic heterocycles. The predicted molar refractivity (Wildman–Crippen MR) is 80.1 cm³/mol. The summed E-state index contributed by atoms with van der Waals surface area (Å²) in [4.78, 5) is 27.9. The van der Waals surface area contributed by atoms with E-state index in [2.05, 4.69) is 0 Å². The maximum absolute atomic E-state index is 12.5. The minimum Gasteiger partial charge on any atom is -0.347 e. The van der Waals surface area contributed by atoms with Crippen molar-refractivity contribution in [1.82, 2.24) is 9.80 Å². The van der Waals surface area contributed by atoms with Crippen molar-refractivity contribution < 1.29 is 9.59 Å². The van der Waals surface area contributed by atoms with Crippen LogP contribution in [0.4, 0.5) is 0 Å². The zero-order valence-electron chi connectivity index (χ0n) is 13.3. The Balaban J connectivity index is 2.54. The normalized spacial score (nSPS) is 21.6. The number of hydrogen-bond acceptors (Lipinski definition) is 3. The fourth-order valence-electron chi connectivity index (χ4n) is 2.74. The molecule has 1 saturated heterocycles. The summed E-state index contributed by atoms with van der Waals surface area (Å²) in [6.07, 6.45) is 4.46. The van der Waals surface area contributed by atoms with Crippen molar-refractivity contribution in [3.05, 3.63) is 0 Å². The summed E-state index contributed by atoms with van der Waals surface area (Å²) in [6.45, 7) is 4.65. The molecule has 0 spiro atoms. The van der Waals surface area contributed by atoms with E-state index in [-0.39, 0.29) is 29.8 Å². The molecular weight excluding hydrogens is 254 g/mol. The van der Waals surface area contributed by atoms with Gasteiger partial charge in [-0.1, -0.05) is 13.3 Å². The van der Waals surface area contributed by atoms with E-state index in [1.165, 1.54) is 0 Å². The van der Waals surface area contributed by atoms with E-state index < -0.39 is 0 Å². The average Bonchev–Trinajstić information content (AvgIpc) is 2.85. The quantitative estimate of drug-likeness (QED) is 0.797. The van der Waals surface area contributed by atoms with Crippen molar-refractivity contribution in [2.24, 2.45) is 11.7 Å². The summed E-state index contributed by atoms with van der Waals surface area (Å²) in [5.41, 5.74) is 5.73. The summed E-state index contributed by atoms with van der Waals surface area (Å²) >= 11 is 0. The number of likely N-dealkylation sites (N-methyl/N-ethyl adjacent to an activating group) is 1. The Morgan fingerprint density at radius 1 is 1.30 bits per heavy atom. The molecular formula is C15H29N3O2.